The quantitative estimate of drug-likeness (QED) is 0.802. The van der Waals surface area contributed by atoms with Gasteiger partial charge in [-0.25, -0.2) is 0 Å². The molecule has 0 aromatic carbocycles. The number of nitrogens with zero attached hydrogens (tertiary/aromatic N) is 1. The molecule has 0 atom stereocenters. The number of hydrogen-bond donors (Lipinski definition) is 1. The first kappa shape index (κ1) is 11.9. The first-order valence-corrected chi connectivity index (χ1v) is 6.59. The maximum absolute atomic E-state index is 11.1. The summed E-state index contributed by atoms with van der Waals surface area (Å²) in [6.07, 6.45) is 7.40. The van der Waals surface area contributed by atoms with Gasteiger partial charge in [-0.3, -0.25) is 9.69 Å². The molecule has 0 spiro atoms. The summed E-state index contributed by atoms with van der Waals surface area (Å²) in [5.74, 6) is 0.158. The number of carboxylic acids is 1. The van der Waals surface area contributed by atoms with Crippen LogP contribution < -0.4 is 0 Å². The van der Waals surface area contributed by atoms with Gasteiger partial charge in [0.1, 0.15) is 0 Å². The van der Waals surface area contributed by atoms with Crippen LogP contribution in [0.5, 0.6) is 0 Å². The second kappa shape index (κ2) is 4.74. The molecule has 0 aromatic rings. The lowest BCUT2D eigenvalue weighted by Crippen LogP contribution is -2.50. The summed E-state index contributed by atoms with van der Waals surface area (Å²) in [6, 6.07) is 0. The molecule has 0 unspecified atom stereocenters. The van der Waals surface area contributed by atoms with Crippen molar-refractivity contribution in [3.8, 4) is 0 Å². The number of carboxylic acid groups (broad SMARTS) is 1. The van der Waals surface area contributed by atoms with Crippen LogP contribution in [0.25, 0.3) is 0 Å². The zero-order chi connectivity index (χ0) is 11.6. The van der Waals surface area contributed by atoms with Crippen molar-refractivity contribution in [3.05, 3.63) is 0 Å². The Hall–Kier alpha value is -0.570. The van der Waals surface area contributed by atoms with E-state index in [4.69, 9.17) is 5.11 Å². The van der Waals surface area contributed by atoms with Crippen LogP contribution in [0.4, 0.5) is 0 Å². The highest BCUT2D eigenvalue weighted by atomic mass is 16.4. The minimum Gasteiger partial charge on any atom is -0.481 e. The van der Waals surface area contributed by atoms with E-state index >= 15 is 0 Å². The second-order valence-electron chi connectivity index (χ2n) is 5.67. The van der Waals surface area contributed by atoms with Crippen LogP contribution in [0.2, 0.25) is 0 Å². The van der Waals surface area contributed by atoms with Crippen LogP contribution in [0.1, 0.15) is 51.9 Å². The molecule has 3 heteroatoms. The normalized spacial score (nSPS) is 36.4. The lowest BCUT2D eigenvalue weighted by molar-refractivity contribution is -0.141. The number of rotatable bonds is 3. The smallest absolute Gasteiger partial charge is 0.305 e. The fourth-order valence-corrected chi connectivity index (χ4v) is 3.38. The van der Waals surface area contributed by atoms with E-state index in [1.165, 1.54) is 25.7 Å². The van der Waals surface area contributed by atoms with E-state index in [1.54, 1.807) is 0 Å². The predicted octanol–water partition coefficient (Wildman–Crippen LogP) is 2.51. The van der Waals surface area contributed by atoms with Crippen molar-refractivity contribution in [1.82, 2.24) is 4.90 Å². The third-order valence-corrected chi connectivity index (χ3v) is 4.46. The molecule has 92 valence electrons. The van der Waals surface area contributed by atoms with Crippen LogP contribution >= 0.6 is 0 Å². The molecular weight excluding hydrogens is 202 g/mol. The zero-order valence-corrected chi connectivity index (χ0v) is 10.2. The summed E-state index contributed by atoms with van der Waals surface area (Å²) in [7, 11) is 0. The van der Waals surface area contributed by atoms with Gasteiger partial charge in [0, 0.05) is 5.54 Å². The van der Waals surface area contributed by atoms with Gasteiger partial charge in [-0.2, -0.15) is 0 Å². The van der Waals surface area contributed by atoms with Gasteiger partial charge in [-0.15, -0.1) is 0 Å². The second-order valence-corrected chi connectivity index (χ2v) is 5.67. The Labute approximate surface area is 97.8 Å². The first-order valence-electron chi connectivity index (χ1n) is 6.59. The summed E-state index contributed by atoms with van der Waals surface area (Å²) in [5.41, 5.74) is -0.00512. The number of carbonyl (C=O) groups is 1. The summed E-state index contributed by atoms with van der Waals surface area (Å²) in [6.45, 7) is 4.51. The minimum absolute atomic E-state index is 0.00512. The van der Waals surface area contributed by atoms with Gasteiger partial charge >= 0.3 is 5.97 Å². The fraction of sp³-hybridized carbons (Fsp3) is 0.923. The highest BCUT2D eigenvalue weighted by molar-refractivity contribution is 5.68. The summed E-state index contributed by atoms with van der Waals surface area (Å²) in [5, 5.41) is 9.13. The molecule has 1 aliphatic heterocycles. The lowest BCUT2D eigenvalue weighted by atomic mass is 9.74. The Bertz CT molecular complexity index is 251. The number of hydrogen-bond acceptors (Lipinski definition) is 2. The van der Waals surface area contributed by atoms with Gasteiger partial charge in [0.2, 0.25) is 0 Å². The third kappa shape index (κ3) is 2.40. The molecule has 0 radical (unpaired) electrons. The van der Waals surface area contributed by atoms with Gasteiger partial charge < -0.3 is 5.11 Å². The number of likely N-dealkylation sites (tertiary alicyclic amines) is 1. The van der Waals surface area contributed by atoms with Crippen LogP contribution in [-0.4, -0.2) is 34.6 Å². The van der Waals surface area contributed by atoms with Crippen molar-refractivity contribution in [2.24, 2.45) is 5.92 Å². The highest BCUT2D eigenvalue weighted by Crippen LogP contribution is 2.40. The van der Waals surface area contributed by atoms with Crippen LogP contribution in [-0.2, 0) is 4.79 Å². The Balaban J connectivity index is 2.08. The van der Waals surface area contributed by atoms with E-state index in [2.05, 4.69) is 11.8 Å². The van der Waals surface area contributed by atoms with Crippen molar-refractivity contribution in [2.75, 3.05) is 13.1 Å². The average molecular weight is 225 g/mol. The van der Waals surface area contributed by atoms with Crippen LogP contribution in [0, 0.1) is 5.92 Å². The lowest BCUT2D eigenvalue weighted by Gasteiger charge is -2.45. The topological polar surface area (TPSA) is 40.5 Å². The predicted molar refractivity (Wildman–Crippen MR) is 63.4 cm³/mol. The standard InChI is InChI=1S/C13H23NO2/c1-11-4-6-13(7-5-11,10-12(15)16)14-8-2-3-9-14/h11H,2-10H2,1H3,(H,15,16). The van der Waals surface area contributed by atoms with Crippen molar-refractivity contribution in [3.63, 3.8) is 0 Å². The molecule has 2 rings (SSSR count). The molecule has 1 N–H and O–H groups in total. The molecule has 2 aliphatic rings. The van der Waals surface area contributed by atoms with Gasteiger partial charge in [-0.05, 0) is 57.5 Å². The van der Waals surface area contributed by atoms with E-state index in [0.717, 1.165) is 31.8 Å². The summed E-state index contributed by atoms with van der Waals surface area (Å²) >= 11 is 0. The van der Waals surface area contributed by atoms with Crippen molar-refractivity contribution in [1.29, 1.82) is 0 Å². The third-order valence-electron chi connectivity index (χ3n) is 4.46. The van der Waals surface area contributed by atoms with E-state index in [0.29, 0.717) is 6.42 Å². The van der Waals surface area contributed by atoms with Crippen LogP contribution in [0.15, 0.2) is 0 Å². The van der Waals surface area contributed by atoms with E-state index in [9.17, 15) is 4.79 Å². The molecule has 16 heavy (non-hydrogen) atoms. The summed E-state index contributed by atoms with van der Waals surface area (Å²) in [4.78, 5) is 13.5. The van der Waals surface area contributed by atoms with Gasteiger partial charge in [0.25, 0.3) is 0 Å². The molecule has 0 amide bonds. The average Bonchev–Trinajstić information content (AvgIpc) is 2.75. The number of aliphatic carboxylic acids is 1. The molecular formula is C13H23NO2. The molecule has 3 nitrogen and oxygen atoms in total. The highest BCUT2D eigenvalue weighted by Gasteiger charge is 2.41. The fourth-order valence-electron chi connectivity index (χ4n) is 3.38. The molecule has 0 bridgehead atoms. The van der Waals surface area contributed by atoms with E-state index in [-0.39, 0.29) is 5.54 Å². The summed E-state index contributed by atoms with van der Waals surface area (Å²) < 4.78 is 0. The van der Waals surface area contributed by atoms with E-state index in [1.807, 2.05) is 0 Å². The Morgan fingerprint density at radius 3 is 2.38 bits per heavy atom. The first-order chi connectivity index (χ1) is 7.62. The molecule has 2 fully saturated rings. The maximum Gasteiger partial charge on any atom is 0.305 e. The SMILES string of the molecule is CC1CCC(CC(=O)O)(N2CCCC2)CC1. The monoisotopic (exact) mass is 225 g/mol. The van der Waals surface area contributed by atoms with E-state index < -0.39 is 5.97 Å². The van der Waals surface area contributed by atoms with Crippen LogP contribution in [0.3, 0.4) is 0 Å². The molecule has 1 saturated heterocycles. The Kier molecular flexibility index (Phi) is 3.53. The zero-order valence-electron chi connectivity index (χ0n) is 10.2. The van der Waals surface area contributed by atoms with Gasteiger partial charge in [0.15, 0.2) is 0 Å². The Morgan fingerprint density at radius 2 is 1.88 bits per heavy atom. The minimum atomic E-state index is -0.624. The molecule has 1 saturated carbocycles. The molecule has 1 heterocycles. The van der Waals surface area contributed by atoms with Gasteiger partial charge in [0.05, 0.1) is 6.42 Å². The van der Waals surface area contributed by atoms with Crippen molar-refractivity contribution in [2.45, 2.75) is 57.4 Å². The van der Waals surface area contributed by atoms with Crippen molar-refractivity contribution < 1.29 is 9.90 Å². The van der Waals surface area contributed by atoms with Crippen molar-refractivity contribution >= 4 is 5.97 Å². The molecule has 1 aliphatic carbocycles. The Morgan fingerprint density at radius 1 is 1.31 bits per heavy atom. The van der Waals surface area contributed by atoms with Gasteiger partial charge in [-0.1, -0.05) is 6.92 Å². The molecule has 0 aromatic heterocycles. The maximum atomic E-state index is 11.1. The largest absolute Gasteiger partial charge is 0.481 e.